The Kier molecular flexibility index (Phi) is 2.35. The Hall–Kier alpha value is -1.62. The van der Waals surface area contributed by atoms with Crippen molar-refractivity contribution in [1.29, 1.82) is 0 Å². The molecule has 1 saturated heterocycles. The molecule has 1 saturated carbocycles. The molecule has 96 valence electrons. The number of nitrogens with two attached hydrogens (primary N) is 1. The van der Waals surface area contributed by atoms with E-state index in [-0.39, 0.29) is 22.8 Å². The second-order valence-electron chi connectivity index (χ2n) is 5.33. The molecule has 0 spiro atoms. The summed E-state index contributed by atoms with van der Waals surface area (Å²) < 4.78 is 12.8. The predicted molar refractivity (Wildman–Crippen MR) is 63.6 cm³/mol. The van der Waals surface area contributed by atoms with Gasteiger partial charge in [-0.15, -0.1) is 0 Å². The average molecular weight is 250 g/mol. The molecular weight excluding hydrogens is 235 g/mol. The summed E-state index contributed by atoms with van der Waals surface area (Å²) in [5.41, 5.74) is 6.05. The number of benzene rings is 1. The summed E-state index contributed by atoms with van der Waals surface area (Å²) in [7, 11) is 0. The third-order valence-electron chi connectivity index (χ3n) is 3.84. The molecule has 2 aliphatic rings. The number of nitrogens with zero attached hydrogens (tertiary/aromatic N) is 1. The molecule has 4 nitrogen and oxygen atoms in total. The highest BCUT2D eigenvalue weighted by atomic mass is 19.1. The van der Waals surface area contributed by atoms with Crippen molar-refractivity contribution in [1.82, 2.24) is 4.90 Å². The first-order chi connectivity index (χ1) is 8.49. The Bertz CT molecular complexity index is 508. The predicted octanol–water partition coefficient (Wildman–Crippen LogP) is 1.09. The third kappa shape index (κ3) is 1.75. The van der Waals surface area contributed by atoms with Crippen LogP contribution in [0.4, 0.5) is 4.39 Å². The van der Waals surface area contributed by atoms with E-state index >= 15 is 0 Å². The van der Waals surface area contributed by atoms with Crippen LogP contribution in [0.15, 0.2) is 18.2 Å². The second-order valence-corrected chi connectivity index (χ2v) is 5.33. The molecule has 3 rings (SSSR count). The Balaban J connectivity index is 1.72. The van der Waals surface area contributed by atoms with E-state index in [4.69, 9.17) is 5.73 Å². The number of phenols is 1. The maximum absolute atomic E-state index is 12.8. The zero-order valence-corrected chi connectivity index (χ0v) is 9.90. The summed E-state index contributed by atoms with van der Waals surface area (Å²) in [5.74, 6) is -0.627. The van der Waals surface area contributed by atoms with Gasteiger partial charge in [0.15, 0.2) is 0 Å². The minimum Gasteiger partial charge on any atom is -0.507 e. The fourth-order valence-electron chi connectivity index (χ4n) is 2.58. The highest BCUT2D eigenvalue weighted by molar-refractivity contribution is 5.97. The van der Waals surface area contributed by atoms with Gasteiger partial charge in [0.05, 0.1) is 11.1 Å². The number of halogens is 1. The molecule has 5 heteroatoms. The monoisotopic (exact) mass is 250 g/mol. The van der Waals surface area contributed by atoms with Crippen LogP contribution in [0.25, 0.3) is 0 Å². The first-order valence-corrected chi connectivity index (χ1v) is 6.06. The number of rotatable bonds is 2. The number of likely N-dealkylation sites (tertiary alicyclic amines) is 1. The molecular formula is C13H15FN2O2. The number of phenolic OH excluding ortho intramolecular Hbond substituents is 1. The number of carbonyl (C=O) groups is 1. The minimum absolute atomic E-state index is 0.134. The van der Waals surface area contributed by atoms with Crippen molar-refractivity contribution in [2.24, 2.45) is 11.7 Å². The van der Waals surface area contributed by atoms with Crippen LogP contribution in [-0.4, -0.2) is 34.5 Å². The zero-order valence-electron chi connectivity index (χ0n) is 9.90. The summed E-state index contributed by atoms with van der Waals surface area (Å²) in [6.07, 6.45) is 2.28. The Morgan fingerprint density at radius 2 is 2.11 bits per heavy atom. The number of hydrogen-bond donors (Lipinski definition) is 2. The fourth-order valence-corrected chi connectivity index (χ4v) is 2.58. The Morgan fingerprint density at radius 3 is 2.67 bits per heavy atom. The first-order valence-electron chi connectivity index (χ1n) is 6.06. The fraction of sp³-hybridized carbons (Fsp3) is 0.462. The minimum atomic E-state index is -0.557. The van der Waals surface area contributed by atoms with Gasteiger partial charge in [0.1, 0.15) is 11.6 Å². The molecule has 0 bridgehead atoms. The van der Waals surface area contributed by atoms with Crippen molar-refractivity contribution in [3.05, 3.63) is 29.6 Å². The van der Waals surface area contributed by atoms with Crippen molar-refractivity contribution in [3.8, 4) is 5.75 Å². The quantitative estimate of drug-likeness (QED) is 0.825. The van der Waals surface area contributed by atoms with Crippen LogP contribution in [0.1, 0.15) is 23.2 Å². The highest BCUT2D eigenvalue weighted by Crippen LogP contribution is 2.43. The lowest BCUT2D eigenvalue weighted by molar-refractivity contribution is 0.0348. The van der Waals surface area contributed by atoms with Crippen LogP contribution in [-0.2, 0) is 0 Å². The van der Waals surface area contributed by atoms with Gasteiger partial charge in [-0.3, -0.25) is 4.79 Å². The van der Waals surface area contributed by atoms with E-state index in [0.29, 0.717) is 19.0 Å². The lowest BCUT2D eigenvalue weighted by Gasteiger charge is -2.48. The molecule has 1 aliphatic heterocycles. The highest BCUT2D eigenvalue weighted by Gasteiger charge is 2.51. The maximum Gasteiger partial charge on any atom is 0.257 e. The van der Waals surface area contributed by atoms with E-state index in [9.17, 15) is 14.3 Å². The van der Waals surface area contributed by atoms with E-state index in [1.807, 2.05) is 0 Å². The third-order valence-corrected chi connectivity index (χ3v) is 3.84. The second kappa shape index (κ2) is 3.68. The van der Waals surface area contributed by atoms with Crippen LogP contribution in [0.2, 0.25) is 0 Å². The summed E-state index contributed by atoms with van der Waals surface area (Å²) >= 11 is 0. The topological polar surface area (TPSA) is 66.6 Å². The van der Waals surface area contributed by atoms with E-state index in [1.54, 1.807) is 4.90 Å². The van der Waals surface area contributed by atoms with Crippen molar-refractivity contribution in [2.45, 2.75) is 18.4 Å². The van der Waals surface area contributed by atoms with Gasteiger partial charge in [0, 0.05) is 19.2 Å². The molecule has 1 aromatic rings. The van der Waals surface area contributed by atoms with Crippen LogP contribution < -0.4 is 5.73 Å². The number of hydrogen-bond acceptors (Lipinski definition) is 3. The van der Waals surface area contributed by atoms with Gasteiger partial charge in [-0.25, -0.2) is 4.39 Å². The summed E-state index contributed by atoms with van der Waals surface area (Å²) in [6, 6.07) is 3.42. The van der Waals surface area contributed by atoms with Gasteiger partial charge in [0.25, 0.3) is 5.91 Å². The molecule has 0 unspecified atom stereocenters. The number of carbonyl (C=O) groups excluding carboxylic acids is 1. The summed E-state index contributed by atoms with van der Waals surface area (Å²) in [6.45, 7) is 1.04. The number of aromatic hydroxyl groups is 1. The largest absolute Gasteiger partial charge is 0.507 e. The Morgan fingerprint density at radius 1 is 1.44 bits per heavy atom. The SMILES string of the molecule is NC1(C2CC2)CN(C(=O)c2ccc(F)cc2O)C1. The van der Waals surface area contributed by atoms with Crippen molar-refractivity contribution in [2.75, 3.05) is 13.1 Å². The summed E-state index contributed by atoms with van der Waals surface area (Å²) in [4.78, 5) is 13.7. The van der Waals surface area contributed by atoms with Crippen molar-refractivity contribution < 1.29 is 14.3 Å². The van der Waals surface area contributed by atoms with E-state index in [1.165, 1.54) is 12.1 Å². The lowest BCUT2D eigenvalue weighted by Crippen LogP contribution is -2.69. The van der Waals surface area contributed by atoms with Gasteiger partial charge in [0.2, 0.25) is 0 Å². The molecule has 1 heterocycles. The zero-order chi connectivity index (χ0) is 12.9. The molecule has 1 aromatic carbocycles. The lowest BCUT2D eigenvalue weighted by atomic mass is 9.85. The van der Waals surface area contributed by atoms with E-state index in [2.05, 4.69) is 0 Å². The molecule has 0 radical (unpaired) electrons. The summed E-state index contributed by atoms with van der Waals surface area (Å²) in [5, 5.41) is 9.56. The van der Waals surface area contributed by atoms with Gasteiger partial charge >= 0.3 is 0 Å². The molecule has 18 heavy (non-hydrogen) atoms. The van der Waals surface area contributed by atoms with Gasteiger partial charge in [-0.2, -0.15) is 0 Å². The number of amides is 1. The molecule has 3 N–H and O–H groups in total. The molecule has 0 atom stereocenters. The normalized spacial score (nSPS) is 21.6. The van der Waals surface area contributed by atoms with Crippen LogP contribution in [0.3, 0.4) is 0 Å². The standard InChI is InChI=1S/C13H15FN2O2/c14-9-3-4-10(11(17)5-9)12(18)16-6-13(15,7-16)8-1-2-8/h3-5,8,17H,1-2,6-7,15H2. The van der Waals surface area contributed by atoms with Gasteiger partial charge < -0.3 is 15.7 Å². The van der Waals surface area contributed by atoms with Gasteiger partial charge in [-0.05, 0) is 30.9 Å². The molecule has 0 aromatic heterocycles. The van der Waals surface area contributed by atoms with Crippen molar-refractivity contribution >= 4 is 5.91 Å². The van der Waals surface area contributed by atoms with E-state index < -0.39 is 5.82 Å². The van der Waals surface area contributed by atoms with Crippen molar-refractivity contribution in [3.63, 3.8) is 0 Å². The Labute approximate surface area is 104 Å². The van der Waals surface area contributed by atoms with Crippen LogP contribution >= 0.6 is 0 Å². The molecule has 1 aliphatic carbocycles. The average Bonchev–Trinajstić information content (AvgIpc) is 3.08. The molecule has 1 amide bonds. The van der Waals surface area contributed by atoms with E-state index in [0.717, 1.165) is 18.9 Å². The van der Waals surface area contributed by atoms with Crippen LogP contribution in [0, 0.1) is 11.7 Å². The van der Waals surface area contributed by atoms with Crippen LogP contribution in [0.5, 0.6) is 5.75 Å². The first kappa shape index (κ1) is 11.5. The maximum atomic E-state index is 12.8. The smallest absolute Gasteiger partial charge is 0.257 e. The molecule has 2 fully saturated rings. The van der Waals surface area contributed by atoms with Gasteiger partial charge in [-0.1, -0.05) is 0 Å².